The lowest BCUT2D eigenvalue weighted by atomic mass is 10.0. The highest BCUT2D eigenvalue weighted by molar-refractivity contribution is 5.99. The van der Waals surface area contributed by atoms with Gasteiger partial charge in [-0.25, -0.2) is 0 Å². The summed E-state index contributed by atoms with van der Waals surface area (Å²) >= 11 is 0. The van der Waals surface area contributed by atoms with E-state index < -0.39 is 0 Å². The van der Waals surface area contributed by atoms with Crippen molar-refractivity contribution in [1.29, 1.82) is 0 Å². The molecule has 0 spiro atoms. The van der Waals surface area contributed by atoms with Crippen molar-refractivity contribution in [2.75, 3.05) is 14.2 Å². The van der Waals surface area contributed by atoms with Gasteiger partial charge in [-0.05, 0) is 35.4 Å². The molecule has 2 N–H and O–H groups in total. The average molecular weight is 387 g/mol. The Kier molecular flexibility index (Phi) is 6.85. The molecule has 3 aromatic carbocycles. The van der Waals surface area contributed by atoms with Crippen LogP contribution in [0.15, 0.2) is 78.9 Å². The number of para-hydroxylation sites is 1. The fourth-order valence-electron chi connectivity index (χ4n) is 3.45. The van der Waals surface area contributed by atoms with E-state index in [0.717, 1.165) is 46.1 Å². The van der Waals surface area contributed by atoms with Crippen molar-refractivity contribution < 1.29 is 14.9 Å². The van der Waals surface area contributed by atoms with E-state index in [-0.39, 0.29) is 6.61 Å². The van der Waals surface area contributed by atoms with Gasteiger partial charge < -0.3 is 19.5 Å². The van der Waals surface area contributed by atoms with Crippen LogP contribution in [-0.2, 0) is 6.61 Å². The Labute approximate surface area is 170 Å². The van der Waals surface area contributed by atoms with Crippen LogP contribution in [0.25, 0.3) is 34.3 Å². The van der Waals surface area contributed by atoms with Crippen molar-refractivity contribution in [3.63, 3.8) is 0 Å². The van der Waals surface area contributed by atoms with Crippen molar-refractivity contribution in [2.24, 2.45) is 0 Å². The normalized spacial score (nSPS) is 10.8. The molecule has 0 saturated carbocycles. The van der Waals surface area contributed by atoms with Crippen LogP contribution in [0.4, 0.5) is 0 Å². The Balaban J connectivity index is 0.00000117. The van der Waals surface area contributed by atoms with Crippen LogP contribution in [0.2, 0.25) is 0 Å². The minimum Gasteiger partial charge on any atom is -0.497 e. The van der Waals surface area contributed by atoms with Crippen molar-refractivity contribution in [3.05, 3.63) is 90.1 Å². The number of aliphatic hydroxyl groups is 2. The quantitative estimate of drug-likeness (QED) is 0.504. The number of aromatic nitrogens is 1. The Morgan fingerprint density at radius 1 is 0.862 bits per heavy atom. The molecule has 29 heavy (non-hydrogen) atoms. The van der Waals surface area contributed by atoms with Gasteiger partial charge in [-0.2, -0.15) is 0 Å². The summed E-state index contributed by atoms with van der Waals surface area (Å²) in [6.07, 6.45) is 4.08. The van der Waals surface area contributed by atoms with E-state index in [2.05, 4.69) is 34.9 Å². The number of nitrogens with zero attached hydrogens (tertiary/aromatic N) is 1. The Hall–Kier alpha value is -3.34. The molecule has 0 fully saturated rings. The number of aliphatic hydroxyl groups excluding tert-OH is 2. The smallest absolute Gasteiger partial charge is 0.118 e. The van der Waals surface area contributed by atoms with Crippen molar-refractivity contribution in [1.82, 2.24) is 4.57 Å². The highest BCUT2D eigenvalue weighted by atomic mass is 16.5. The third-order valence-electron chi connectivity index (χ3n) is 4.76. The minimum atomic E-state index is -0.0465. The highest BCUT2D eigenvalue weighted by Crippen LogP contribution is 2.36. The molecule has 1 heterocycles. The maximum atomic E-state index is 10.2. The summed E-state index contributed by atoms with van der Waals surface area (Å²) in [4.78, 5) is 0. The predicted molar refractivity (Wildman–Crippen MR) is 120 cm³/mol. The molecule has 4 aromatic rings. The molecule has 0 bridgehead atoms. The molecule has 1 aromatic heterocycles. The summed E-state index contributed by atoms with van der Waals surface area (Å²) in [7, 11) is 2.66. The molecule has 4 rings (SSSR count). The lowest BCUT2D eigenvalue weighted by molar-refractivity contribution is 0.276. The first-order valence-corrected chi connectivity index (χ1v) is 9.37. The maximum absolute atomic E-state index is 10.2. The van der Waals surface area contributed by atoms with Gasteiger partial charge in [-0.3, -0.25) is 0 Å². The zero-order chi connectivity index (χ0) is 20.6. The second kappa shape index (κ2) is 9.73. The highest BCUT2D eigenvalue weighted by Gasteiger charge is 2.16. The molecule has 4 nitrogen and oxygen atoms in total. The van der Waals surface area contributed by atoms with Gasteiger partial charge in [0.2, 0.25) is 0 Å². The van der Waals surface area contributed by atoms with E-state index in [1.54, 1.807) is 7.11 Å². The Bertz CT molecular complexity index is 1080. The summed E-state index contributed by atoms with van der Waals surface area (Å²) in [6.45, 7) is -0.0465. The van der Waals surface area contributed by atoms with E-state index in [1.807, 2.05) is 60.8 Å². The van der Waals surface area contributed by atoms with Gasteiger partial charge in [0, 0.05) is 24.3 Å². The fraction of sp³-hybridized carbons (Fsp3) is 0.120. The molecule has 0 aliphatic rings. The zero-order valence-corrected chi connectivity index (χ0v) is 16.6. The first kappa shape index (κ1) is 20.4. The standard InChI is InChI=1S/C24H21NO2.CH4O/c1-27-20-13-11-19(12-14-20)24-21-9-5-6-10-22(21)25(23(24)17-26)16-15-18-7-3-2-4-8-18;1-2/h2-16,26H,17H2,1H3;2H,1H3/b16-15+;. The number of rotatable bonds is 5. The van der Waals surface area contributed by atoms with Crippen LogP contribution in [-0.4, -0.2) is 29.0 Å². The number of hydrogen-bond acceptors (Lipinski definition) is 3. The van der Waals surface area contributed by atoms with Crippen LogP contribution in [0.3, 0.4) is 0 Å². The van der Waals surface area contributed by atoms with Crippen LogP contribution in [0.1, 0.15) is 11.3 Å². The summed E-state index contributed by atoms with van der Waals surface area (Å²) in [5.41, 5.74) is 5.16. The summed E-state index contributed by atoms with van der Waals surface area (Å²) in [5.74, 6) is 0.817. The van der Waals surface area contributed by atoms with Crippen molar-refractivity contribution >= 4 is 23.2 Å². The molecule has 0 atom stereocenters. The Morgan fingerprint density at radius 2 is 1.52 bits per heavy atom. The molecule has 4 heteroatoms. The maximum Gasteiger partial charge on any atom is 0.118 e. The topological polar surface area (TPSA) is 54.6 Å². The van der Waals surface area contributed by atoms with Gasteiger partial charge in [0.05, 0.1) is 24.9 Å². The van der Waals surface area contributed by atoms with Crippen LogP contribution in [0, 0.1) is 0 Å². The molecule has 148 valence electrons. The molecule has 0 saturated heterocycles. The third-order valence-corrected chi connectivity index (χ3v) is 4.76. The number of ether oxygens (including phenoxy) is 1. The van der Waals surface area contributed by atoms with E-state index in [1.165, 1.54) is 0 Å². The van der Waals surface area contributed by atoms with Crippen molar-refractivity contribution in [2.45, 2.75) is 6.61 Å². The third kappa shape index (κ3) is 4.24. The van der Waals surface area contributed by atoms with Crippen LogP contribution >= 0.6 is 0 Å². The van der Waals surface area contributed by atoms with E-state index >= 15 is 0 Å². The summed E-state index contributed by atoms with van der Waals surface area (Å²) < 4.78 is 7.35. The molecular formula is C25H25NO3. The van der Waals surface area contributed by atoms with E-state index in [4.69, 9.17) is 9.84 Å². The Morgan fingerprint density at radius 3 is 2.17 bits per heavy atom. The van der Waals surface area contributed by atoms with Crippen LogP contribution < -0.4 is 4.74 Å². The second-order valence-corrected chi connectivity index (χ2v) is 6.32. The fourth-order valence-corrected chi connectivity index (χ4v) is 3.45. The van der Waals surface area contributed by atoms with Gasteiger partial charge in [-0.15, -0.1) is 0 Å². The largest absolute Gasteiger partial charge is 0.497 e. The van der Waals surface area contributed by atoms with Gasteiger partial charge in [-0.1, -0.05) is 60.7 Å². The van der Waals surface area contributed by atoms with E-state index in [0.29, 0.717) is 0 Å². The lowest BCUT2D eigenvalue weighted by Crippen LogP contribution is -1.96. The second-order valence-electron chi connectivity index (χ2n) is 6.32. The monoisotopic (exact) mass is 387 g/mol. The number of fused-ring (bicyclic) bond motifs is 1. The summed E-state index contributed by atoms with van der Waals surface area (Å²) in [5, 5.41) is 18.3. The van der Waals surface area contributed by atoms with Crippen LogP contribution in [0.5, 0.6) is 5.75 Å². The molecule has 0 radical (unpaired) electrons. The summed E-state index contributed by atoms with van der Waals surface area (Å²) in [6, 6.07) is 26.3. The first-order chi connectivity index (χ1) is 14.3. The van der Waals surface area contributed by atoms with E-state index in [9.17, 15) is 5.11 Å². The van der Waals surface area contributed by atoms with Gasteiger partial charge in [0.1, 0.15) is 5.75 Å². The SMILES string of the molecule is CO.COc1ccc(-c2c(CO)n(/C=C/c3ccccc3)c3ccccc23)cc1. The molecule has 0 amide bonds. The number of hydrogen-bond donors (Lipinski definition) is 2. The lowest BCUT2D eigenvalue weighted by Gasteiger charge is -2.07. The number of methoxy groups -OCH3 is 1. The predicted octanol–water partition coefficient (Wildman–Crippen LogP) is 5.05. The average Bonchev–Trinajstić information content (AvgIpc) is 3.13. The molecule has 0 unspecified atom stereocenters. The molecule has 0 aliphatic heterocycles. The van der Waals surface area contributed by atoms with Crippen molar-refractivity contribution in [3.8, 4) is 16.9 Å². The molecular weight excluding hydrogens is 362 g/mol. The van der Waals surface area contributed by atoms with Gasteiger partial charge >= 0.3 is 0 Å². The zero-order valence-electron chi connectivity index (χ0n) is 16.6. The number of benzene rings is 3. The van der Waals surface area contributed by atoms with Gasteiger partial charge in [0.15, 0.2) is 0 Å². The molecule has 0 aliphatic carbocycles. The minimum absolute atomic E-state index is 0.0465. The first-order valence-electron chi connectivity index (χ1n) is 9.37. The van der Waals surface area contributed by atoms with Gasteiger partial charge in [0.25, 0.3) is 0 Å².